The Morgan fingerprint density at radius 2 is 2.46 bits per heavy atom. The first-order valence-electron chi connectivity index (χ1n) is 3.52. The molecule has 0 bridgehead atoms. The van der Waals surface area contributed by atoms with Gasteiger partial charge in [-0.1, -0.05) is 0 Å². The molecule has 1 amide bonds. The summed E-state index contributed by atoms with van der Waals surface area (Å²) < 4.78 is 0. The minimum absolute atomic E-state index is 0.0372. The summed E-state index contributed by atoms with van der Waals surface area (Å²) in [5.41, 5.74) is 5.11. The molecule has 1 aromatic heterocycles. The maximum absolute atomic E-state index is 10.1. The molecule has 72 valence electrons. The molecule has 0 unspecified atom stereocenters. The highest BCUT2D eigenvalue weighted by molar-refractivity contribution is 7.13. The van der Waals surface area contributed by atoms with Gasteiger partial charge < -0.3 is 10.2 Å². The van der Waals surface area contributed by atoms with E-state index in [1.807, 2.05) is 5.43 Å². The van der Waals surface area contributed by atoms with E-state index in [0.29, 0.717) is 11.6 Å². The Bertz CT molecular complexity index is 288. The van der Waals surface area contributed by atoms with E-state index in [0.717, 1.165) is 5.69 Å². The van der Waals surface area contributed by atoms with E-state index in [1.54, 1.807) is 5.38 Å². The minimum atomic E-state index is -1.17. The highest BCUT2D eigenvalue weighted by Crippen LogP contribution is 2.14. The highest BCUT2D eigenvalue weighted by atomic mass is 32.1. The largest absolute Gasteiger partial charge is 0.464 e. The van der Waals surface area contributed by atoms with Gasteiger partial charge in [0.15, 0.2) is 0 Å². The molecule has 0 aliphatic carbocycles. The molecular formula is C6H9N3O3S. The van der Waals surface area contributed by atoms with Crippen LogP contribution in [0.1, 0.15) is 5.69 Å². The number of amides is 1. The van der Waals surface area contributed by atoms with Crippen molar-refractivity contribution in [1.82, 2.24) is 10.4 Å². The second-order valence-electron chi connectivity index (χ2n) is 2.17. The Labute approximate surface area is 78.2 Å². The van der Waals surface area contributed by atoms with Gasteiger partial charge in [-0.05, 0) is 0 Å². The molecule has 0 spiro atoms. The van der Waals surface area contributed by atoms with Gasteiger partial charge in [-0.25, -0.2) is 15.2 Å². The Morgan fingerprint density at radius 3 is 3.08 bits per heavy atom. The lowest BCUT2D eigenvalue weighted by Gasteiger charge is -1.98. The van der Waals surface area contributed by atoms with Crippen molar-refractivity contribution in [3.8, 4) is 0 Å². The summed E-state index contributed by atoms with van der Waals surface area (Å²) in [6.45, 7) is 0.0372. The number of nitrogens with one attached hydrogen (secondary N) is 2. The Hall–Kier alpha value is -1.34. The average molecular weight is 203 g/mol. The molecule has 0 aliphatic heterocycles. The van der Waals surface area contributed by atoms with Crippen molar-refractivity contribution in [1.29, 1.82) is 0 Å². The first-order chi connectivity index (χ1) is 6.22. The molecule has 4 N–H and O–H groups in total. The highest BCUT2D eigenvalue weighted by Gasteiger charge is 2.01. The topological polar surface area (TPSA) is 94.5 Å². The summed E-state index contributed by atoms with van der Waals surface area (Å²) in [4.78, 5) is 14.1. The van der Waals surface area contributed by atoms with Crippen LogP contribution in [0.3, 0.4) is 0 Å². The van der Waals surface area contributed by atoms with Crippen molar-refractivity contribution in [2.24, 2.45) is 0 Å². The van der Waals surface area contributed by atoms with Gasteiger partial charge in [-0.15, -0.1) is 11.3 Å². The number of aliphatic hydroxyl groups is 1. The van der Waals surface area contributed by atoms with Crippen LogP contribution in [0, 0.1) is 0 Å². The quantitative estimate of drug-likeness (QED) is 0.527. The van der Waals surface area contributed by atoms with E-state index < -0.39 is 6.09 Å². The van der Waals surface area contributed by atoms with E-state index in [-0.39, 0.29) is 6.61 Å². The number of hydrogen-bond donors (Lipinski definition) is 4. The maximum Gasteiger partial charge on any atom is 0.423 e. The summed E-state index contributed by atoms with van der Waals surface area (Å²) in [5, 5.41) is 19.0. The second-order valence-corrected chi connectivity index (χ2v) is 3.03. The zero-order valence-corrected chi connectivity index (χ0v) is 7.47. The fourth-order valence-corrected chi connectivity index (χ4v) is 1.40. The average Bonchev–Trinajstić information content (AvgIpc) is 2.50. The molecule has 1 heterocycles. The third-order valence-electron chi connectivity index (χ3n) is 1.20. The summed E-state index contributed by atoms with van der Waals surface area (Å²) >= 11 is 1.27. The standard InChI is InChI=1S/C6H9N3O3S/c10-2-1-4-3-13-5(7-4)8-9-6(11)12/h3,9-10H,1-2H2,(H,7,8)(H,11,12). The molecule has 6 nitrogen and oxygen atoms in total. The molecule has 0 radical (unpaired) electrons. The Morgan fingerprint density at radius 1 is 1.69 bits per heavy atom. The molecule has 0 saturated heterocycles. The fourth-order valence-electron chi connectivity index (χ4n) is 0.701. The smallest absolute Gasteiger partial charge is 0.423 e. The van der Waals surface area contributed by atoms with Crippen molar-refractivity contribution in [3.63, 3.8) is 0 Å². The van der Waals surface area contributed by atoms with Gasteiger partial charge in [0.2, 0.25) is 5.13 Å². The van der Waals surface area contributed by atoms with Crippen LogP contribution in [0.5, 0.6) is 0 Å². The number of nitrogens with zero attached hydrogens (tertiary/aromatic N) is 1. The molecule has 0 saturated carbocycles. The van der Waals surface area contributed by atoms with E-state index >= 15 is 0 Å². The van der Waals surface area contributed by atoms with Crippen LogP contribution in [-0.2, 0) is 6.42 Å². The summed E-state index contributed by atoms with van der Waals surface area (Å²) in [7, 11) is 0. The number of rotatable bonds is 4. The number of thiazole rings is 1. The summed E-state index contributed by atoms with van der Waals surface area (Å²) in [6, 6.07) is 0. The van der Waals surface area contributed by atoms with E-state index in [4.69, 9.17) is 10.2 Å². The van der Waals surface area contributed by atoms with Crippen LogP contribution in [0.15, 0.2) is 5.38 Å². The molecule has 1 aromatic rings. The SMILES string of the molecule is O=C(O)NNc1nc(CCO)cs1. The number of hydrazine groups is 1. The van der Waals surface area contributed by atoms with Gasteiger partial charge in [-0.3, -0.25) is 5.43 Å². The predicted molar refractivity (Wildman–Crippen MR) is 47.7 cm³/mol. The number of hydrogen-bond acceptors (Lipinski definition) is 5. The first kappa shape index (κ1) is 9.75. The Balaban J connectivity index is 2.44. The normalized spacial score (nSPS) is 9.62. The molecule has 13 heavy (non-hydrogen) atoms. The monoisotopic (exact) mass is 203 g/mol. The number of carboxylic acid groups (broad SMARTS) is 1. The van der Waals surface area contributed by atoms with Gasteiger partial charge in [0.05, 0.1) is 5.69 Å². The van der Waals surface area contributed by atoms with Gasteiger partial charge in [0.1, 0.15) is 0 Å². The van der Waals surface area contributed by atoms with Crippen LogP contribution >= 0.6 is 11.3 Å². The lowest BCUT2D eigenvalue weighted by atomic mass is 10.4. The zero-order chi connectivity index (χ0) is 9.68. The molecule has 0 aliphatic rings. The lowest BCUT2D eigenvalue weighted by Crippen LogP contribution is -2.27. The van der Waals surface area contributed by atoms with Crippen LogP contribution in [0.2, 0.25) is 0 Å². The van der Waals surface area contributed by atoms with Crippen molar-refractivity contribution in [2.45, 2.75) is 6.42 Å². The van der Waals surface area contributed by atoms with Crippen LogP contribution in [-0.4, -0.2) is 27.9 Å². The lowest BCUT2D eigenvalue weighted by molar-refractivity contribution is 0.197. The number of aliphatic hydroxyl groups excluding tert-OH is 1. The third kappa shape index (κ3) is 3.26. The van der Waals surface area contributed by atoms with E-state index in [2.05, 4.69) is 10.4 Å². The fraction of sp³-hybridized carbons (Fsp3) is 0.333. The van der Waals surface area contributed by atoms with Crippen LogP contribution < -0.4 is 10.9 Å². The third-order valence-corrected chi connectivity index (χ3v) is 2.00. The molecule has 7 heteroatoms. The predicted octanol–water partition coefficient (Wildman–Crippen LogP) is 0.272. The van der Waals surface area contributed by atoms with Gasteiger partial charge >= 0.3 is 6.09 Å². The van der Waals surface area contributed by atoms with Gasteiger partial charge in [-0.2, -0.15) is 0 Å². The molecular weight excluding hydrogens is 194 g/mol. The molecule has 0 fully saturated rings. The van der Waals surface area contributed by atoms with Gasteiger partial charge in [0, 0.05) is 18.4 Å². The van der Waals surface area contributed by atoms with Crippen LogP contribution in [0.25, 0.3) is 0 Å². The van der Waals surface area contributed by atoms with Crippen molar-refractivity contribution in [3.05, 3.63) is 11.1 Å². The van der Waals surface area contributed by atoms with E-state index in [9.17, 15) is 4.79 Å². The molecule has 1 rings (SSSR count). The van der Waals surface area contributed by atoms with Crippen molar-refractivity contribution < 1.29 is 15.0 Å². The van der Waals surface area contributed by atoms with Gasteiger partial charge in [0.25, 0.3) is 0 Å². The maximum atomic E-state index is 10.1. The number of aromatic nitrogens is 1. The number of carbonyl (C=O) groups is 1. The molecule has 0 atom stereocenters. The van der Waals surface area contributed by atoms with Crippen LogP contribution in [0.4, 0.5) is 9.93 Å². The summed E-state index contributed by atoms with van der Waals surface area (Å²) in [5.74, 6) is 0. The van der Waals surface area contributed by atoms with Crippen molar-refractivity contribution in [2.75, 3.05) is 12.0 Å². The number of anilines is 1. The zero-order valence-electron chi connectivity index (χ0n) is 6.65. The van der Waals surface area contributed by atoms with Crippen molar-refractivity contribution >= 4 is 22.6 Å². The second kappa shape index (κ2) is 4.63. The first-order valence-corrected chi connectivity index (χ1v) is 4.40. The molecule has 0 aromatic carbocycles. The van der Waals surface area contributed by atoms with E-state index in [1.165, 1.54) is 11.3 Å². The summed E-state index contributed by atoms with van der Waals surface area (Å²) in [6.07, 6.45) is -0.690. The Kier molecular flexibility index (Phi) is 3.47. The minimum Gasteiger partial charge on any atom is -0.464 e.